The predicted molar refractivity (Wildman–Crippen MR) is 124 cm³/mol. The van der Waals surface area contributed by atoms with Gasteiger partial charge in [0.25, 0.3) is 0 Å². The van der Waals surface area contributed by atoms with Crippen LogP contribution in [0.2, 0.25) is 0 Å². The second-order valence-electron chi connectivity index (χ2n) is 8.97. The third kappa shape index (κ3) is 4.50. The molecule has 3 aromatic rings. The molecule has 2 aliphatic heterocycles. The number of hydrogen-bond acceptors (Lipinski definition) is 2. The van der Waals surface area contributed by atoms with Crippen LogP contribution >= 0.6 is 0 Å². The summed E-state index contributed by atoms with van der Waals surface area (Å²) in [6.07, 6.45) is 4.89. The quantitative estimate of drug-likeness (QED) is 0.576. The molecule has 0 aliphatic carbocycles. The molecule has 0 amide bonds. The van der Waals surface area contributed by atoms with Crippen molar-refractivity contribution in [2.24, 2.45) is 0 Å². The van der Waals surface area contributed by atoms with Crippen molar-refractivity contribution in [2.75, 3.05) is 13.1 Å². The van der Waals surface area contributed by atoms with Gasteiger partial charge in [0.05, 0.1) is 0 Å². The first-order valence-electron chi connectivity index (χ1n) is 11.5. The van der Waals surface area contributed by atoms with E-state index in [0.29, 0.717) is 12.1 Å². The Hall–Kier alpha value is -2.42. The van der Waals surface area contributed by atoms with Crippen LogP contribution in [-0.2, 0) is 25.9 Å². The SMILES string of the molecule is c1ccc(CC2CC(N3CCc4ccccc4C3)CCN2Cc2ccccc2)cc1. The number of piperidine rings is 1. The molecular formula is C28H32N2. The van der Waals surface area contributed by atoms with Gasteiger partial charge in [-0.1, -0.05) is 84.9 Å². The standard InChI is InChI=1S/C28H32N2/c1-3-9-23(10-4-1)19-28-20-27(16-18-29(28)21-24-11-5-2-6-12-24)30-17-15-25-13-7-8-14-26(25)22-30/h1-14,27-28H,15-22H2. The highest BCUT2D eigenvalue weighted by molar-refractivity contribution is 5.29. The van der Waals surface area contributed by atoms with Crippen molar-refractivity contribution in [1.29, 1.82) is 0 Å². The fraction of sp³-hybridized carbons (Fsp3) is 0.357. The average molecular weight is 397 g/mol. The van der Waals surface area contributed by atoms with Crippen LogP contribution in [-0.4, -0.2) is 35.0 Å². The van der Waals surface area contributed by atoms with Crippen molar-refractivity contribution < 1.29 is 0 Å². The van der Waals surface area contributed by atoms with E-state index in [4.69, 9.17) is 0 Å². The second kappa shape index (κ2) is 9.16. The van der Waals surface area contributed by atoms with Crippen LogP contribution in [0, 0.1) is 0 Å². The van der Waals surface area contributed by atoms with E-state index in [1.165, 1.54) is 49.0 Å². The van der Waals surface area contributed by atoms with Crippen molar-refractivity contribution >= 4 is 0 Å². The summed E-state index contributed by atoms with van der Waals surface area (Å²) < 4.78 is 0. The van der Waals surface area contributed by atoms with E-state index in [9.17, 15) is 0 Å². The van der Waals surface area contributed by atoms with Crippen molar-refractivity contribution in [3.63, 3.8) is 0 Å². The van der Waals surface area contributed by atoms with Gasteiger partial charge in [-0.05, 0) is 47.9 Å². The lowest BCUT2D eigenvalue weighted by molar-refractivity contribution is 0.0533. The Kier molecular flexibility index (Phi) is 5.96. The van der Waals surface area contributed by atoms with Crippen molar-refractivity contribution in [2.45, 2.75) is 50.9 Å². The van der Waals surface area contributed by atoms with Crippen LogP contribution in [0.15, 0.2) is 84.9 Å². The summed E-state index contributed by atoms with van der Waals surface area (Å²) in [6, 6.07) is 32.4. The molecule has 5 rings (SSSR count). The number of benzene rings is 3. The lowest BCUT2D eigenvalue weighted by Gasteiger charge is -2.45. The molecule has 2 unspecified atom stereocenters. The van der Waals surface area contributed by atoms with Crippen LogP contribution < -0.4 is 0 Å². The second-order valence-corrected chi connectivity index (χ2v) is 8.97. The molecule has 0 N–H and O–H groups in total. The number of nitrogens with zero attached hydrogens (tertiary/aromatic N) is 2. The fourth-order valence-corrected chi connectivity index (χ4v) is 5.36. The molecular weight excluding hydrogens is 364 g/mol. The normalized spacial score (nSPS) is 22.5. The molecule has 0 bridgehead atoms. The van der Waals surface area contributed by atoms with Gasteiger partial charge in [-0.2, -0.15) is 0 Å². The minimum Gasteiger partial charge on any atom is -0.296 e. The number of fused-ring (bicyclic) bond motifs is 1. The molecule has 2 atom stereocenters. The van der Waals surface area contributed by atoms with Crippen molar-refractivity contribution in [3.8, 4) is 0 Å². The Morgan fingerprint density at radius 3 is 2.13 bits per heavy atom. The maximum Gasteiger partial charge on any atom is 0.0239 e. The van der Waals surface area contributed by atoms with E-state index >= 15 is 0 Å². The maximum atomic E-state index is 2.76. The van der Waals surface area contributed by atoms with Crippen LogP contribution in [0.5, 0.6) is 0 Å². The van der Waals surface area contributed by atoms with E-state index in [2.05, 4.69) is 94.7 Å². The first-order valence-corrected chi connectivity index (χ1v) is 11.5. The maximum absolute atomic E-state index is 2.76. The Labute approximate surface area is 181 Å². The predicted octanol–water partition coefficient (Wildman–Crippen LogP) is 5.32. The third-order valence-electron chi connectivity index (χ3n) is 7.03. The lowest BCUT2D eigenvalue weighted by atomic mass is 9.89. The highest BCUT2D eigenvalue weighted by atomic mass is 15.2. The minimum absolute atomic E-state index is 0.600. The summed E-state index contributed by atoms with van der Waals surface area (Å²) in [5.41, 5.74) is 5.98. The first kappa shape index (κ1) is 19.5. The molecule has 1 saturated heterocycles. The van der Waals surface area contributed by atoms with Crippen LogP contribution in [0.25, 0.3) is 0 Å². The third-order valence-corrected chi connectivity index (χ3v) is 7.03. The Balaban J connectivity index is 1.32. The summed E-state index contributed by atoms with van der Waals surface area (Å²) in [5.74, 6) is 0. The molecule has 154 valence electrons. The van der Waals surface area contributed by atoms with Gasteiger partial charge in [0.2, 0.25) is 0 Å². The fourth-order valence-electron chi connectivity index (χ4n) is 5.36. The topological polar surface area (TPSA) is 6.48 Å². The van der Waals surface area contributed by atoms with Crippen LogP contribution in [0.4, 0.5) is 0 Å². The van der Waals surface area contributed by atoms with Gasteiger partial charge >= 0.3 is 0 Å². The Morgan fingerprint density at radius 1 is 0.700 bits per heavy atom. The molecule has 2 aliphatic rings. The van der Waals surface area contributed by atoms with Gasteiger partial charge in [-0.3, -0.25) is 9.80 Å². The van der Waals surface area contributed by atoms with Gasteiger partial charge in [-0.15, -0.1) is 0 Å². The summed E-state index contributed by atoms with van der Waals surface area (Å²) in [7, 11) is 0. The van der Waals surface area contributed by atoms with Gasteiger partial charge in [0.15, 0.2) is 0 Å². The number of hydrogen-bond donors (Lipinski definition) is 0. The summed E-state index contributed by atoms with van der Waals surface area (Å²) >= 11 is 0. The van der Waals surface area contributed by atoms with E-state index < -0.39 is 0 Å². The van der Waals surface area contributed by atoms with Crippen molar-refractivity contribution in [3.05, 3.63) is 107 Å². The molecule has 2 heterocycles. The van der Waals surface area contributed by atoms with E-state index in [1.54, 1.807) is 5.56 Å². The molecule has 30 heavy (non-hydrogen) atoms. The first-order chi connectivity index (χ1) is 14.8. The van der Waals surface area contributed by atoms with E-state index in [1.807, 2.05) is 0 Å². The van der Waals surface area contributed by atoms with Gasteiger partial charge in [0, 0.05) is 38.3 Å². The minimum atomic E-state index is 0.600. The van der Waals surface area contributed by atoms with Gasteiger partial charge < -0.3 is 0 Å². The summed E-state index contributed by atoms with van der Waals surface area (Å²) in [5, 5.41) is 0. The van der Waals surface area contributed by atoms with E-state index in [0.717, 1.165) is 19.5 Å². The van der Waals surface area contributed by atoms with Gasteiger partial charge in [-0.25, -0.2) is 0 Å². The molecule has 3 aromatic carbocycles. The molecule has 2 nitrogen and oxygen atoms in total. The molecule has 0 radical (unpaired) electrons. The highest BCUT2D eigenvalue weighted by Crippen LogP contribution is 2.29. The highest BCUT2D eigenvalue weighted by Gasteiger charge is 2.33. The summed E-state index contributed by atoms with van der Waals surface area (Å²) in [6.45, 7) is 4.58. The zero-order valence-electron chi connectivity index (χ0n) is 17.8. The zero-order chi connectivity index (χ0) is 20.2. The van der Waals surface area contributed by atoms with Crippen LogP contribution in [0.3, 0.4) is 0 Å². The number of likely N-dealkylation sites (tertiary alicyclic amines) is 1. The molecule has 0 aromatic heterocycles. The Morgan fingerprint density at radius 2 is 1.37 bits per heavy atom. The van der Waals surface area contributed by atoms with Gasteiger partial charge in [0.1, 0.15) is 0 Å². The molecule has 2 heteroatoms. The van der Waals surface area contributed by atoms with Crippen LogP contribution in [0.1, 0.15) is 35.1 Å². The molecule has 0 spiro atoms. The monoisotopic (exact) mass is 396 g/mol. The number of rotatable bonds is 5. The average Bonchev–Trinajstić information content (AvgIpc) is 2.81. The van der Waals surface area contributed by atoms with E-state index in [-0.39, 0.29) is 0 Å². The smallest absolute Gasteiger partial charge is 0.0239 e. The Bertz CT molecular complexity index is 937. The molecule has 0 saturated carbocycles. The zero-order valence-corrected chi connectivity index (χ0v) is 17.8. The largest absolute Gasteiger partial charge is 0.296 e. The summed E-state index contributed by atoms with van der Waals surface area (Å²) in [4.78, 5) is 5.50. The van der Waals surface area contributed by atoms with Crippen molar-refractivity contribution in [1.82, 2.24) is 9.80 Å². The molecule has 1 fully saturated rings. The lowest BCUT2D eigenvalue weighted by Crippen LogP contribution is -2.51.